The minimum Gasteiger partial charge on any atom is -1.00 e. The summed E-state index contributed by atoms with van der Waals surface area (Å²) in [6.07, 6.45) is 11.9. The number of fused-ring (bicyclic) bond motifs is 2. The van der Waals surface area contributed by atoms with Gasteiger partial charge in [0.05, 0.1) is 17.4 Å². The first kappa shape index (κ1) is 22.5. The van der Waals surface area contributed by atoms with Gasteiger partial charge in [-0.15, -0.1) is 47.5 Å². The minimum absolute atomic E-state index is 0. The number of aromatic nitrogens is 2. The van der Waals surface area contributed by atoms with Crippen molar-refractivity contribution < 1.29 is 51.0 Å². The van der Waals surface area contributed by atoms with Gasteiger partial charge in [-0.05, 0) is 17.8 Å². The van der Waals surface area contributed by atoms with E-state index in [1.165, 1.54) is 16.5 Å². The maximum absolute atomic E-state index is 4.43. The molecule has 26 heavy (non-hydrogen) atoms. The zero-order chi connectivity index (χ0) is 15.5. The van der Waals surface area contributed by atoms with Gasteiger partial charge in [0.15, 0.2) is 0 Å². The van der Waals surface area contributed by atoms with Gasteiger partial charge in [0, 0.05) is 0 Å². The van der Waals surface area contributed by atoms with Gasteiger partial charge in [0.25, 0.3) is 0 Å². The Bertz CT molecular complexity index is 972. The van der Waals surface area contributed by atoms with Crippen LogP contribution in [0, 0.1) is 6.08 Å². The number of nitrogens with zero attached hydrogens (tertiary/aromatic N) is 2. The molecule has 128 valence electrons. The van der Waals surface area contributed by atoms with E-state index in [2.05, 4.69) is 64.2 Å². The van der Waals surface area contributed by atoms with Crippen LogP contribution < -0.4 is 24.8 Å². The fourth-order valence-corrected chi connectivity index (χ4v) is 2.78. The van der Waals surface area contributed by atoms with Crippen LogP contribution in [0.4, 0.5) is 0 Å². The SMILES string of the molecule is [C-]1=CC=CC1.[Cl-].[Cl-].[Zr+4].c1ccc2[cH-]c(-n3cnc4ccccc43)cc2c1. The molecule has 0 saturated carbocycles. The standard InChI is InChI=1S/C16H11N2.C5H5.2ClH.Zr/c1-2-6-13-10-14(9-12(13)5-1)18-11-17-15-7-3-4-8-16(15)18;1-2-4-5-3-1;;;/h1-11H;1-3H,4H2;2*1H;/q2*-1;;;+4/p-2. The quantitative estimate of drug-likeness (QED) is 0.342. The summed E-state index contributed by atoms with van der Waals surface area (Å²) in [7, 11) is 0. The number of halogens is 2. The Morgan fingerprint density at radius 1 is 1.00 bits per heavy atom. The molecule has 1 aliphatic carbocycles. The molecule has 0 radical (unpaired) electrons. The van der Waals surface area contributed by atoms with E-state index in [0.29, 0.717) is 0 Å². The largest absolute Gasteiger partial charge is 4.00 e. The monoisotopic (exact) mass is 456 g/mol. The molecule has 0 spiro atoms. The molecule has 0 atom stereocenters. The Morgan fingerprint density at radius 3 is 2.46 bits per heavy atom. The van der Waals surface area contributed by atoms with Crippen molar-refractivity contribution >= 4 is 21.8 Å². The van der Waals surface area contributed by atoms with E-state index in [1.54, 1.807) is 0 Å². The summed E-state index contributed by atoms with van der Waals surface area (Å²) in [5, 5.41) is 2.54. The predicted molar refractivity (Wildman–Crippen MR) is 95.7 cm³/mol. The Kier molecular flexibility index (Phi) is 9.15. The van der Waals surface area contributed by atoms with Crippen LogP contribution >= 0.6 is 0 Å². The zero-order valence-electron chi connectivity index (χ0n) is 13.9. The molecule has 5 rings (SSSR count). The van der Waals surface area contributed by atoms with Crippen LogP contribution in [0.25, 0.3) is 27.5 Å². The maximum atomic E-state index is 4.43. The predicted octanol–water partition coefficient (Wildman–Crippen LogP) is -0.791. The fraction of sp³-hybridized carbons (Fsp3) is 0.0476. The van der Waals surface area contributed by atoms with Gasteiger partial charge in [-0.3, -0.25) is 6.08 Å². The summed E-state index contributed by atoms with van der Waals surface area (Å²) < 4.78 is 2.13. The van der Waals surface area contributed by atoms with E-state index in [1.807, 2.05) is 36.7 Å². The van der Waals surface area contributed by atoms with Crippen molar-refractivity contribution in [2.24, 2.45) is 0 Å². The number of allylic oxidation sites excluding steroid dienone is 4. The molecule has 0 fully saturated rings. The maximum Gasteiger partial charge on any atom is 4.00 e. The van der Waals surface area contributed by atoms with Gasteiger partial charge in [0.2, 0.25) is 0 Å². The van der Waals surface area contributed by atoms with Crippen LogP contribution in [0.5, 0.6) is 0 Å². The van der Waals surface area contributed by atoms with E-state index >= 15 is 0 Å². The van der Waals surface area contributed by atoms with E-state index < -0.39 is 0 Å². The van der Waals surface area contributed by atoms with Crippen LogP contribution in [0.1, 0.15) is 6.42 Å². The first-order valence-corrected chi connectivity index (χ1v) is 7.71. The van der Waals surface area contributed by atoms with Crippen molar-refractivity contribution in [2.45, 2.75) is 6.42 Å². The number of rotatable bonds is 1. The van der Waals surface area contributed by atoms with Gasteiger partial charge in [-0.1, -0.05) is 18.2 Å². The van der Waals surface area contributed by atoms with Crippen molar-refractivity contribution in [3.05, 3.63) is 91.3 Å². The Morgan fingerprint density at radius 2 is 1.77 bits per heavy atom. The molecule has 0 N–H and O–H groups in total. The van der Waals surface area contributed by atoms with Gasteiger partial charge in [-0.25, -0.2) is 17.1 Å². The third-order valence-corrected chi connectivity index (χ3v) is 3.92. The van der Waals surface area contributed by atoms with Crippen LogP contribution in [-0.4, -0.2) is 9.55 Å². The van der Waals surface area contributed by atoms with Crippen molar-refractivity contribution in [3.63, 3.8) is 0 Å². The molecule has 0 unspecified atom stereocenters. The normalized spacial score (nSPS) is 11.2. The summed E-state index contributed by atoms with van der Waals surface area (Å²) in [5.74, 6) is 0. The molecular formula is C21H16Cl2N2Zr. The third-order valence-electron chi connectivity index (χ3n) is 3.92. The summed E-state index contributed by atoms with van der Waals surface area (Å²) in [5.41, 5.74) is 3.35. The molecule has 3 aromatic carbocycles. The van der Waals surface area contributed by atoms with E-state index in [-0.39, 0.29) is 51.0 Å². The van der Waals surface area contributed by atoms with Crippen LogP contribution in [0.2, 0.25) is 0 Å². The number of imidazole rings is 1. The van der Waals surface area contributed by atoms with Gasteiger partial charge >= 0.3 is 26.2 Å². The molecular weight excluding hydrogens is 442 g/mol. The topological polar surface area (TPSA) is 17.8 Å². The minimum atomic E-state index is 0. The average molecular weight is 459 g/mol. The summed E-state index contributed by atoms with van der Waals surface area (Å²) in [4.78, 5) is 4.43. The van der Waals surface area contributed by atoms with Crippen molar-refractivity contribution in [1.29, 1.82) is 0 Å². The average Bonchev–Trinajstić information content (AvgIpc) is 3.34. The summed E-state index contributed by atoms with van der Waals surface area (Å²) >= 11 is 0. The Balaban J connectivity index is 0.000000372. The fourth-order valence-electron chi connectivity index (χ4n) is 2.78. The zero-order valence-corrected chi connectivity index (χ0v) is 17.9. The van der Waals surface area contributed by atoms with Gasteiger partial charge < -0.3 is 29.4 Å². The molecule has 4 aromatic rings. The molecule has 0 bridgehead atoms. The molecule has 5 heteroatoms. The molecule has 1 aliphatic rings. The van der Waals surface area contributed by atoms with Crippen LogP contribution in [0.15, 0.2) is 85.2 Å². The molecule has 0 aliphatic heterocycles. The number of hydrogen-bond acceptors (Lipinski definition) is 1. The first-order chi connectivity index (χ1) is 11.4. The second-order valence-corrected chi connectivity index (χ2v) is 5.45. The van der Waals surface area contributed by atoms with Crippen molar-refractivity contribution in [2.75, 3.05) is 0 Å². The molecule has 1 heterocycles. The van der Waals surface area contributed by atoms with E-state index in [9.17, 15) is 0 Å². The smallest absolute Gasteiger partial charge is 1.00 e. The first-order valence-electron chi connectivity index (χ1n) is 7.71. The van der Waals surface area contributed by atoms with Crippen molar-refractivity contribution in [3.8, 4) is 5.69 Å². The molecule has 0 amide bonds. The van der Waals surface area contributed by atoms with Gasteiger partial charge in [0.1, 0.15) is 0 Å². The molecule has 1 aromatic heterocycles. The summed E-state index contributed by atoms with van der Waals surface area (Å²) in [6.45, 7) is 0. The third kappa shape index (κ3) is 4.79. The Hall–Kier alpha value is -1.54. The van der Waals surface area contributed by atoms with E-state index in [0.717, 1.165) is 17.5 Å². The van der Waals surface area contributed by atoms with Crippen molar-refractivity contribution in [1.82, 2.24) is 9.55 Å². The second-order valence-electron chi connectivity index (χ2n) is 5.45. The van der Waals surface area contributed by atoms with E-state index in [4.69, 9.17) is 0 Å². The summed E-state index contributed by atoms with van der Waals surface area (Å²) in [6, 6.07) is 21.0. The second kappa shape index (κ2) is 10.6. The number of para-hydroxylation sites is 2. The number of hydrogen-bond donors (Lipinski definition) is 0. The Labute approximate surface area is 184 Å². The van der Waals surface area contributed by atoms with Crippen LogP contribution in [0.3, 0.4) is 0 Å². The molecule has 0 saturated heterocycles. The molecule has 2 nitrogen and oxygen atoms in total. The van der Waals surface area contributed by atoms with Crippen LogP contribution in [-0.2, 0) is 26.2 Å². The number of benzene rings is 2. The van der Waals surface area contributed by atoms with Gasteiger partial charge in [-0.2, -0.15) is 6.08 Å².